The third-order valence-corrected chi connectivity index (χ3v) is 7.72. The lowest BCUT2D eigenvalue weighted by Crippen LogP contribution is -2.60. The fourth-order valence-electron chi connectivity index (χ4n) is 5.26. The van der Waals surface area contributed by atoms with E-state index in [4.69, 9.17) is 18.6 Å². The van der Waals surface area contributed by atoms with E-state index in [9.17, 15) is 65.8 Å². The fraction of sp³-hybridized carbons (Fsp3) is 0.429. The zero-order valence-electron chi connectivity index (χ0n) is 23.0. The first kappa shape index (κ1) is 32.0. The molecule has 7 atom stereocenters. The van der Waals surface area contributed by atoms with E-state index in [0.717, 1.165) is 24.3 Å². The molecule has 17 heteroatoms. The molecule has 17 nitrogen and oxygen atoms in total. The third kappa shape index (κ3) is 6.01. The average molecular weight is 639 g/mol. The Morgan fingerprint density at radius 3 is 2.04 bits per heavy atom. The van der Waals surface area contributed by atoms with E-state index in [1.54, 1.807) is 0 Å². The Morgan fingerprint density at radius 1 is 0.800 bits per heavy atom. The minimum absolute atomic E-state index is 0.230. The number of phenols is 5. The number of benzene rings is 2. The van der Waals surface area contributed by atoms with E-state index in [1.807, 2.05) is 0 Å². The summed E-state index contributed by atoms with van der Waals surface area (Å²) in [7, 11) is 0. The highest BCUT2D eigenvalue weighted by Gasteiger charge is 2.47. The van der Waals surface area contributed by atoms with Gasteiger partial charge < -0.3 is 74.8 Å². The van der Waals surface area contributed by atoms with E-state index < -0.39 is 119 Å². The lowest BCUT2D eigenvalue weighted by atomic mass is 9.83. The zero-order chi connectivity index (χ0) is 32.9. The zero-order valence-corrected chi connectivity index (χ0v) is 23.0. The van der Waals surface area contributed by atoms with Crippen molar-refractivity contribution in [3.8, 4) is 45.8 Å². The van der Waals surface area contributed by atoms with E-state index in [1.165, 1.54) is 0 Å². The van der Waals surface area contributed by atoms with Crippen molar-refractivity contribution in [2.45, 2.75) is 61.9 Å². The molecule has 0 spiro atoms. The monoisotopic (exact) mass is 638 g/mol. The molecule has 0 bridgehead atoms. The number of carbonyl (C=O) groups is 1. The molecule has 0 radical (unpaired) electrons. The predicted molar refractivity (Wildman–Crippen MR) is 145 cm³/mol. The molecule has 1 aliphatic carbocycles. The Bertz CT molecular complexity index is 1620. The number of aliphatic hydroxyl groups excluding tert-OH is 6. The van der Waals surface area contributed by atoms with Gasteiger partial charge in [0.15, 0.2) is 23.0 Å². The van der Waals surface area contributed by atoms with Crippen molar-refractivity contribution in [1.82, 2.24) is 0 Å². The van der Waals surface area contributed by atoms with Gasteiger partial charge in [0.05, 0.1) is 18.1 Å². The van der Waals surface area contributed by atoms with Crippen molar-refractivity contribution in [3.05, 3.63) is 34.5 Å². The molecule has 1 aliphatic heterocycles. The first-order valence-electron chi connectivity index (χ1n) is 13.5. The van der Waals surface area contributed by atoms with Crippen molar-refractivity contribution in [2.24, 2.45) is 5.92 Å². The SMILES string of the molecule is O=C(OC[C@H]1O[C@@H](Oc2c(-c3cc(O)c(O)c(O)c3)oc3cc(O)cc(O)c3c2=O)[C@H](O)[C@@H](O)[C@@H]1O)C1CC(O)C(O)C(O)C1. The third-order valence-electron chi connectivity index (χ3n) is 7.72. The molecule has 2 heterocycles. The fourth-order valence-corrected chi connectivity index (χ4v) is 5.26. The molecule has 2 aromatic carbocycles. The Morgan fingerprint density at radius 2 is 1.42 bits per heavy atom. The lowest BCUT2D eigenvalue weighted by Gasteiger charge is -2.40. The predicted octanol–water partition coefficient (Wildman–Crippen LogP) is -1.79. The minimum Gasteiger partial charge on any atom is -0.508 e. The van der Waals surface area contributed by atoms with Crippen LogP contribution in [0.25, 0.3) is 22.3 Å². The van der Waals surface area contributed by atoms with Crippen LogP contribution < -0.4 is 10.2 Å². The van der Waals surface area contributed by atoms with Gasteiger partial charge in [0, 0.05) is 17.7 Å². The molecule has 3 aromatic rings. The number of hydrogen-bond acceptors (Lipinski definition) is 17. The summed E-state index contributed by atoms with van der Waals surface area (Å²) < 4.78 is 22.0. The molecule has 5 rings (SSSR count). The van der Waals surface area contributed by atoms with Crippen molar-refractivity contribution in [2.75, 3.05) is 6.61 Å². The Balaban J connectivity index is 1.46. The highest BCUT2D eigenvalue weighted by Crippen LogP contribution is 2.43. The van der Waals surface area contributed by atoms with Crippen LogP contribution >= 0.6 is 0 Å². The molecule has 2 unspecified atom stereocenters. The van der Waals surface area contributed by atoms with Crippen LogP contribution in [-0.4, -0.2) is 118 Å². The van der Waals surface area contributed by atoms with Crippen molar-refractivity contribution < 1.29 is 79.6 Å². The molecule has 1 saturated heterocycles. The number of phenolic OH excluding ortho intramolecular Hbond substituents is 5. The highest BCUT2D eigenvalue weighted by atomic mass is 16.7. The molecule has 2 aliphatic rings. The molecule has 244 valence electrons. The van der Waals surface area contributed by atoms with Crippen LogP contribution in [0.15, 0.2) is 33.5 Å². The van der Waals surface area contributed by atoms with Crippen LogP contribution in [0.5, 0.6) is 34.5 Å². The number of fused-ring (bicyclic) bond motifs is 1. The van der Waals surface area contributed by atoms with E-state index >= 15 is 0 Å². The summed E-state index contributed by atoms with van der Waals surface area (Å²) >= 11 is 0. The van der Waals surface area contributed by atoms with Crippen molar-refractivity contribution in [1.29, 1.82) is 0 Å². The number of aliphatic hydroxyl groups is 6. The summed E-state index contributed by atoms with van der Waals surface area (Å²) in [6.07, 6.45) is -14.2. The largest absolute Gasteiger partial charge is 0.508 e. The summed E-state index contributed by atoms with van der Waals surface area (Å²) in [5, 5.41) is 111. The highest BCUT2D eigenvalue weighted by molar-refractivity contribution is 5.88. The smallest absolute Gasteiger partial charge is 0.309 e. The van der Waals surface area contributed by atoms with Gasteiger partial charge in [0.2, 0.25) is 17.5 Å². The normalized spacial score (nSPS) is 30.2. The van der Waals surface area contributed by atoms with Gasteiger partial charge in [-0.1, -0.05) is 0 Å². The molecular formula is C28H30O17. The van der Waals surface area contributed by atoms with E-state index in [0.29, 0.717) is 0 Å². The second kappa shape index (κ2) is 12.2. The van der Waals surface area contributed by atoms with Crippen LogP contribution in [0, 0.1) is 5.92 Å². The maximum Gasteiger partial charge on any atom is 0.309 e. The molecular weight excluding hydrogens is 608 g/mol. The van der Waals surface area contributed by atoms with Crippen LogP contribution in [0.2, 0.25) is 0 Å². The Labute approximate surface area is 251 Å². The number of carbonyl (C=O) groups excluding carboxylic acids is 1. The summed E-state index contributed by atoms with van der Waals surface area (Å²) in [5.41, 5.74) is -1.78. The van der Waals surface area contributed by atoms with Gasteiger partial charge >= 0.3 is 5.97 Å². The van der Waals surface area contributed by atoms with Gasteiger partial charge in [-0.25, -0.2) is 0 Å². The summed E-state index contributed by atoms with van der Waals surface area (Å²) in [6.45, 7) is -0.742. The number of rotatable bonds is 6. The van der Waals surface area contributed by atoms with Gasteiger partial charge in [-0.15, -0.1) is 0 Å². The number of aromatic hydroxyl groups is 5. The number of ether oxygens (including phenoxy) is 3. The van der Waals surface area contributed by atoms with Gasteiger partial charge in [0.1, 0.15) is 59.6 Å². The van der Waals surface area contributed by atoms with Crippen LogP contribution in [0.4, 0.5) is 0 Å². The lowest BCUT2D eigenvalue weighted by molar-refractivity contribution is -0.279. The van der Waals surface area contributed by atoms with Gasteiger partial charge in [0.25, 0.3) is 0 Å². The van der Waals surface area contributed by atoms with Crippen molar-refractivity contribution >= 4 is 16.9 Å². The topological polar surface area (TPSA) is 298 Å². The second-order valence-electron chi connectivity index (χ2n) is 10.8. The van der Waals surface area contributed by atoms with Gasteiger partial charge in [-0.3, -0.25) is 9.59 Å². The van der Waals surface area contributed by atoms with Crippen molar-refractivity contribution in [3.63, 3.8) is 0 Å². The minimum atomic E-state index is -2.05. The van der Waals surface area contributed by atoms with Crippen LogP contribution in [0.3, 0.4) is 0 Å². The Kier molecular flexibility index (Phi) is 8.69. The molecule has 2 fully saturated rings. The first-order valence-corrected chi connectivity index (χ1v) is 13.5. The number of hydrogen-bond donors (Lipinski definition) is 11. The van der Waals surface area contributed by atoms with E-state index in [2.05, 4.69) is 0 Å². The van der Waals surface area contributed by atoms with Gasteiger partial charge in [-0.05, 0) is 25.0 Å². The summed E-state index contributed by atoms with van der Waals surface area (Å²) in [4.78, 5) is 26.2. The second-order valence-corrected chi connectivity index (χ2v) is 10.8. The Hall–Kier alpha value is -4.36. The van der Waals surface area contributed by atoms with Crippen LogP contribution in [0.1, 0.15) is 12.8 Å². The quantitative estimate of drug-likeness (QED) is 0.105. The number of esters is 1. The molecule has 45 heavy (non-hydrogen) atoms. The maximum atomic E-state index is 13.6. The summed E-state index contributed by atoms with van der Waals surface area (Å²) in [6, 6.07) is 3.52. The van der Waals surface area contributed by atoms with Crippen LogP contribution in [-0.2, 0) is 14.3 Å². The van der Waals surface area contributed by atoms with Gasteiger partial charge in [-0.2, -0.15) is 0 Å². The summed E-state index contributed by atoms with van der Waals surface area (Å²) in [5.74, 6) is -7.21. The maximum absolute atomic E-state index is 13.6. The molecule has 0 amide bonds. The first-order chi connectivity index (χ1) is 21.2. The molecule has 1 aromatic heterocycles. The molecule has 1 saturated carbocycles. The molecule has 11 N–H and O–H groups in total. The standard InChI is InChI=1S/C28H30O17/c29-10-5-11(30)18-16(6-10)43-25(8-1-12(31)19(35)13(32)2-8)26(22(18)38)45-28-24(40)23(39)21(37)17(44-28)7-42-27(41)9-3-14(33)20(36)15(34)4-9/h1-2,5-6,9,14-15,17,20-21,23-24,28-37,39-40H,3-4,7H2/t9?,14?,15?,17-,20?,21-,23+,24-,28+/m1/s1. The average Bonchev–Trinajstić information content (AvgIpc) is 2.98. The van der Waals surface area contributed by atoms with E-state index in [-0.39, 0.29) is 24.0 Å².